The lowest BCUT2D eigenvalue weighted by atomic mass is 9.85. The third-order valence-electron chi connectivity index (χ3n) is 4.13. The fourth-order valence-corrected chi connectivity index (χ4v) is 3.09. The molecule has 0 saturated carbocycles. The molecule has 1 amide bonds. The first-order chi connectivity index (χ1) is 9.76. The Kier molecular flexibility index (Phi) is 3.71. The molecule has 1 aromatic rings. The van der Waals surface area contributed by atoms with E-state index in [4.69, 9.17) is 0 Å². The summed E-state index contributed by atoms with van der Waals surface area (Å²) < 4.78 is 0. The third kappa shape index (κ3) is 2.69. The molecular weight excluding hydrogens is 254 g/mol. The number of nitrogens with zero attached hydrogens (tertiary/aromatic N) is 3. The number of aromatic nitrogens is 2. The molecule has 0 radical (unpaired) electrons. The molecule has 2 unspecified atom stereocenters. The van der Waals surface area contributed by atoms with Crippen LogP contribution in [0.4, 0.5) is 11.6 Å². The Bertz CT molecular complexity index is 492. The second-order valence-corrected chi connectivity index (χ2v) is 5.50. The van der Waals surface area contributed by atoms with Gasteiger partial charge in [-0.1, -0.05) is 0 Å². The quantitative estimate of drug-likeness (QED) is 0.861. The number of piperidine rings is 2. The van der Waals surface area contributed by atoms with Crippen molar-refractivity contribution in [2.45, 2.75) is 32.2 Å². The van der Waals surface area contributed by atoms with Gasteiger partial charge in [-0.15, -0.1) is 0 Å². The molecular formula is C14H21N5O. The minimum Gasteiger partial charge on any atom is -0.369 e. The number of fused-ring (bicyclic) bond motifs is 1. The van der Waals surface area contributed by atoms with Crippen LogP contribution in [0.1, 0.15) is 26.2 Å². The van der Waals surface area contributed by atoms with Crippen molar-refractivity contribution >= 4 is 17.5 Å². The minimum atomic E-state index is 0.202. The summed E-state index contributed by atoms with van der Waals surface area (Å²) in [5.74, 6) is 2.49. The first-order valence-electron chi connectivity index (χ1n) is 7.36. The van der Waals surface area contributed by atoms with E-state index in [1.165, 1.54) is 0 Å². The zero-order valence-electron chi connectivity index (χ0n) is 11.8. The predicted molar refractivity (Wildman–Crippen MR) is 77.7 cm³/mol. The van der Waals surface area contributed by atoms with Gasteiger partial charge in [0.25, 0.3) is 0 Å². The molecule has 2 atom stereocenters. The van der Waals surface area contributed by atoms with Crippen molar-refractivity contribution in [3.8, 4) is 0 Å². The summed E-state index contributed by atoms with van der Waals surface area (Å²) >= 11 is 0. The van der Waals surface area contributed by atoms with Gasteiger partial charge >= 0.3 is 0 Å². The van der Waals surface area contributed by atoms with Gasteiger partial charge in [0.15, 0.2) is 0 Å². The summed E-state index contributed by atoms with van der Waals surface area (Å²) in [5.41, 5.74) is 0. The highest BCUT2D eigenvalue weighted by molar-refractivity contribution is 5.77. The van der Waals surface area contributed by atoms with Crippen LogP contribution in [0.2, 0.25) is 0 Å². The molecule has 2 saturated heterocycles. The molecule has 3 rings (SSSR count). The summed E-state index contributed by atoms with van der Waals surface area (Å²) in [6, 6.07) is 0.345. The summed E-state index contributed by atoms with van der Waals surface area (Å²) in [4.78, 5) is 22.6. The summed E-state index contributed by atoms with van der Waals surface area (Å²) in [6.07, 6.45) is 6.19. The minimum absolute atomic E-state index is 0.202. The lowest BCUT2D eigenvalue weighted by molar-refractivity contribution is -0.124. The molecule has 0 aliphatic carbocycles. The highest BCUT2D eigenvalue weighted by Gasteiger charge is 2.34. The van der Waals surface area contributed by atoms with Gasteiger partial charge in [-0.25, -0.2) is 4.98 Å². The predicted octanol–water partition coefficient (Wildman–Crippen LogP) is 1.01. The summed E-state index contributed by atoms with van der Waals surface area (Å²) in [5, 5.41) is 6.30. The van der Waals surface area contributed by atoms with Crippen LogP contribution >= 0.6 is 0 Å². The van der Waals surface area contributed by atoms with Crippen LogP contribution in [0.25, 0.3) is 0 Å². The van der Waals surface area contributed by atoms with E-state index in [1.54, 1.807) is 6.20 Å². The highest BCUT2D eigenvalue weighted by Crippen LogP contribution is 2.27. The maximum Gasteiger partial charge on any atom is 0.220 e. The van der Waals surface area contributed by atoms with Gasteiger partial charge in [0.05, 0.1) is 12.4 Å². The number of hydrogen-bond donors (Lipinski definition) is 2. The van der Waals surface area contributed by atoms with E-state index in [-0.39, 0.29) is 5.91 Å². The standard InChI is InChI=1S/C14H21N5O/c1-2-16-12-7-15-8-13(18-12)19-6-5-11-10(9-19)3-4-14(20)17-11/h7-8,10-11H,2-6,9H2,1H3,(H,16,18)(H,17,20). The van der Waals surface area contributed by atoms with E-state index in [9.17, 15) is 4.79 Å². The molecule has 0 spiro atoms. The Morgan fingerprint density at radius 2 is 2.35 bits per heavy atom. The number of hydrogen-bond acceptors (Lipinski definition) is 5. The van der Waals surface area contributed by atoms with Gasteiger partial charge in [-0.2, -0.15) is 0 Å². The second-order valence-electron chi connectivity index (χ2n) is 5.50. The molecule has 2 fully saturated rings. The van der Waals surface area contributed by atoms with Crippen molar-refractivity contribution in [2.24, 2.45) is 5.92 Å². The molecule has 108 valence electrons. The fourth-order valence-electron chi connectivity index (χ4n) is 3.09. The second kappa shape index (κ2) is 5.64. The van der Waals surface area contributed by atoms with Crippen LogP contribution in [0.3, 0.4) is 0 Å². The topological polar surface area (TPSA) is 70.2 Å². The Morgan fingerprint density at radius 1 is 1.45 bits per heavy atom. The fraction of sp³-hybridized carbons (Fsp3) is 0.643. The molecule has 2 aliphatic heterocycles. The van der Waals surface area contributed by atoms with E-state index < -0.39 is 0 Å². The monoisotopic (exact) mass is 275 g/mol. The van der Waals surface area contributed by atoms with Gasteiger partial charge in [0.2, 0.25) is 5.91 Å². The molecule has 0 aromatic carbocycles. The largest absolute Gasteiger partial charge is 0.369 e. The van der Waals surface area contributed by atoms with Crippen LogP contribution in [-0.2, 0) is 4.79 Å². The van der Waals surface area contributed by atoms with E-state index in [0.717, 1.165) is 44.1 Å². The Morgan fingerprint density at radius 3 is 3.20 bits per heavy atom. The van der Waals surface area contributed by atoms with Crippen molar-refractivity contribution in [3.05, 3.63) is 12.4 Å². The van der Waals surface area contributed by atoms with Crippen LogP contribution in [0, 0.1) is 5.92 Å². The van der Waals surface area contributed by atoms with Crippen molar-refractivity contribution in [3.63, 3.8) is 0 Å². The smallest absolute Gasteiger partial charge is 0.220 e. The average Bonchev–Trinajstić information content (AvgIpc) is 2.47. The van der Waals surface area contributed by atoms with Gasteiger partial charge < -0.3 is 15.5 Å². The van der Waals surface area contributed by atoms with Crippen LogP contribution in [-0.4, -0.2) is 41.6 Å². The maximum absolute atomic E-state index is 11.4. The number of carbonyl (C=O) groups is 1. The van der Waals surface area contributed by atoms with Gasteiger partial charge in [0.1, 0.15) is 11.6 Å². The van der Waals surface area contributed by atoms with Crippen molar-refractivity contribution in [2.75, 3.05) is 29.9 Å². The van der Waals surface area contributed by atoms with Crippen LogP contribution < -0.4 is 15.5 Å². The van der Waals surface area contributed by atoms with Gasteiger partial charge in [-0.3, -0.25) is 9.78 Å². The van der Waals surface area contributed by atoms with Crippen molar-refractivity contribution < 1.29 is 4.79 Å². The van der Waals surface area contributed by atoms with Crippen molar-refractivity contribution in [1.82, 2.24) is 15.3 Å². The molecule has 6 nitrogen and oxygen atoms in total. The molecule has 1 aromatic heterocycles. The zero-order valence-corrected chi connectivity index (χ0v) is 11.8. The third-order valence-corrected chi connectivity index (χ3v) is 4.13. The number of amides is 1. The number of rotatable bonds is 3. The van der Waals surface area contributed by atoms with E-state index in [2.05, 4.69) is 25.5 Å². The van der Waals surface area contributed by atoms with E-state index in [0.29, 0.717) is 18.4 Å². The number of anilines is 2. The number of carbonyl (C=O) groups excluding carboxylic acids is 1. The van der Waals surface area contributed by atoms with Gasteiger partial charge in [-0.05, 0) is 25.7 Å². The molecule has 2 aliphatic rings. The van der Waals surface area contributed by atoms with Crippen molar-refractivity contribution in [1.29, 1.82) is 0 Å². The molecule has 3 heterocycles. The van der Waals surface area contributed by atoms with Crippen LogP contribution in [0.15, 0.2) is 12.4 Å². The summed E-state index contributed by atoms with van der Waals surface area (Å²) in [6.45, 7) is 4.76. The van der Waals surface area contributed by atoms with Crippen LogP contribution in [0.5, 0.6) is 0 Å². The summed E-state index contributed by atoms with van der Waals surface area (Å²) in [7, 11) is 0. The SMILES string of the molecule is CCNc1cncc(N2CCC3NC(=O)CCC3C2)n1. The lowest BCUT2D eigenvalue weighted by Gasteiger charge is -2.41. The Labute approximate surface area is 119 Å². The Hall–Kier alpha value is -1.85. The average molecular weight is 275 g/mol. The molecule has 2 N–H and O–H groups in total. The number of nitrogens with one attached hydrogen (secondary N) is 2. The first kappa shape index (κ1) is 13.1. The Balaban J connectivity index is 1.69. The van der Waals surface area contributed by atoms with Gasteiger partial charge in [0, 0.05) is 32.1 Å². The lowest BCUT2D eigenvalue weighted by Crippen LogP contribution is -2.54. The molecule has 0 bridgehead atoms. The maximum atomic E-state index is 11.4. The van der Waals surface area contributed by atoms with E-state index in [1.807, 2.05) is 13.1 Å². The zero-order chi connectivity index (χ0) is 13.9. The first-order valence-corrected chi connectivity index (χ1v) is 7.36. The molecule has 6 heteroatoms. The highest BCUT2D eigenvalue weighted by atomic mass is 16.1. The molecule has 20 heavy (non-hydrogen) atoms. The van der Waals surface area contributed by atoms with E-state index >= 15 is 0 Å². The normalized spacial score (nSPS) is 25.9.